The van der Waals surface area contributed by atoms with Crippen molar-refractivity contribution in [3.8, 4) is 5.75 Å². The molecule has 1 saturated heterocycles. The van der Waals surface area contributed by atoms with E-state index in [4.69, 9.17) is 0 Å². The number of piperidine rings is 1. The second-order valence-electron chi connectivity index (χ2n) is 7.17. The fraction of sp³-hybridized carbons (Fsp3) is 0.261. The predicted octanol–water partition coefficient (Wildman–Crippen LogP) is 4.12. The molecule has 0 saturated carbocycles. The standard InChI is InChI=1S/C23H24N2O2/c26-16-22-21-10-9-20(13-18(21)8-11-23(22)27)25-12-4-7-19(15-25)24-14-17-5-2-1-3-6-17/h1-3,5-6,8-11,13,16,19,24,27H,4,7,12,14-15H2. The number of phenols is 1. The van der Waals surface area contributed by atoms with Gasteiger partial charge in [0.25, 0.3) is 0 Å². The van der Waals surface area contributed by atoms with Crippen molar-refractivity contribution in [1.82, 2.24) is 5.32 Å². The van der Waals surface area contributed by atoms with Crippen molar-refractivity contribution in [1.29, 1.82) is 0 Å². The number of anilines is 1. The number of hydrogen-bond acceptors (Lipinski definition) is 4. The highest BCUT2D eigenvalue weighted by molar-refractivity contribution is 6.01. The zero-order chi connectivity index (χ0) is 18.6. The molecule has 0 bridgehead atoms. The van der Waals surface area contributed by atoms with Crippen LogP contribution in [0.25, 0.3) is 10.8 Å². The van der Waals surface area contributed by atoms with Crippen molar-refractivity contribution in [2.75, 3.05) is 18.0 Å². The monoisotopic (exact) mass is 360 g/mol. The molecule has 0 spiro atoms. The van der Waals surface area contributed by atoms with E-state index in [9.17, 15) is 9.90 Å². The van der Waals surface area contributed by atoms with Gasteiger partial charge in [-0.3, -0.25) is 4.79 Å². The Morgan fingerprint density at radius 1 is 1.11 bits per heavy atom. The molecule has 3 aromatic rings. The first-order valence-corrected chi connectivity index (χ1v) is 9.48. The number of aldehydes is 1. The smallest absolute Gasteiger partial charge is 0.154 e. The second-order valence-corrected chi connectivity index (χ2v) is 7.17. The van der Waals surface area contributed by atoms with Crippen LogP contribution in [0.1, 0.15) is 28.8 Å². The Morgan fingerprint density at radius 2 is 1.96 bits per heavy atom. The third-order valence-corrected chi connectivity index (χ3v) is 5.36. The van der Waals surface area contributed by atoms with Gasteiger partial charge in [-0.1, -0.05) is 42.5 Å². The van der Waals surface area contributed by atoms with E-state index in [1.54, 1.807) is 6.07 Å². The van der Waals surface area contributed by atoms with Gasteiger partial charge in [-0.15, -0.1) is 0 Å². The molecule has 0 radical (unpaired) electrons. The molecule has 1 fully saturated rings. The quantitative estimate of drug-likeness (QED) is 0.672. The van der Waals surface area contributed by atoms with Crippen LogP contribution in [0.4, 0.5) is 5.69 Å². The highest BCUT2D eigenvalue weighted by Crippen LogP contribution is 2.30. The molecule has 3 aromatic carbocycles. The molecule has 4 heteroatoms. The molecule has 0 aliphatic carbocycles. The lowest BCUT2D eigenvalue weighted by molar-refractivity contribution is 0.112. The van der Waals surface area contributed by atoms with Gasteiger partial charge in [0, 0.05) is 31.4 Å². The maximum Gasteiger partial charge on any atom is 0.154 e. The molecule has 2 N–H and O–H groups in total. The largest absolute Gasteiger partial charge is 0.507 e. The number of carbonyl (C=O) groups is 1. The minimum Gasteiger partial charge on any atom is -0.507 e. The molecule has 1 atom stereocenters. The van der Waals surface area contributed by atoms with Gasteiger partial charge in [-0.25, -0.2) is 0 Å². The molecule has 1 aliphatic rings. The van der Waals surface area contributed by atoms with Crippen LogP contribution < -0.4 is 10.2 Å². The van der Waals surface area contributed by atoms with E-state index in [0.29, 0.717) is 11.6 Å². The maximum atomic E-state index is 11.3. The Hall–Kier alpha value is -2.85. The summed E-state index contributed by atoms with van der Waals surface area (Å²) < 4.78 is 0. The van der Waals surface area contributed by atoms with Gasteiger partial charge < -0.3 is 15.3 Å². The lowest BCUT2D eigenvalue weighted by Crippen LogP contribution is -2.45. The number of phenolic OH excluding ortho intramolecular Hbond substituents is 1. The van der Waals surface area contributed by atoms with Crippen molar-refractivity contribution in [3.63, 3.8) is 0 Å². The molecule has 27 heavy (non-hydrogen) atoms. The first-order chi connectivity index (χ1) is 13.2. The highest BCUT2D eigenvalue weighted by Gasteiger charge is 2.20. The topological polar surface area (TPSA) is 52.6 Å². The Kier molecular flexibility index (Phi) is 5.07. The third kappa shape index (κ3) is 3.81. The summed E-state index contributed by atoms with van der Waals surface area (Å²) in [6.45, 7) is 2.89. The van der Waals surface area contributed by atoms with E-state index in [2.05, 4.69) is 40.5 Å². The Morgan fingerprint density at radius 3 is 2.78 bits per heavy atom. The van der Waals surface area contributed by atoms with Crippen molar-refractivity contribution < 1.29 is 9.90 Å². The fourth-order valence-electron chi connectivity index (χ4n) is 3.89. The maximum absolute atomic E-state index is 11.3. The van der Waals surface area contributed by atoms with Crippen LogP contribution in [0.5, 0.6) is 5.75 Å². The highest BCUT2D eigenvalue weighted by atomic mass is 16.3. The first kappa shape index (κ1) is 17.6. The predicted molar refractivity (Wildman–Crippen MR) is 110 cm³/mol. The summed E-state index contributed by atoms with van der Waals surface area (Å²) in [5.74, 6) is 0.0356. The van der Waals surface area contributed by atoms with Crippen LogP contribution in [-0.4, -0.2) is 30.5 Å². The van der Waals surface area contributed by atoms with E-state index in [1.807, 2.05) is 24.3 Å². The van der Waals surface area contributed by atoms with Crippen LogP contribution >= 0.6 is 0 Å². The van der Waals surface area contributed by atoms with Crippen LogP contribution in [-0.2, 0) is 6.54 Å². The third-order valence-electron chi connectivity index (χ3n) is 5.36. The van der Waals surface area contributed by atoms with Crippen LogP contribution in [0.2, 0.25) is 0 Å². The number of aromatic hydroxyl groups is 1. The number of carbonyl (C=O) groups excluding carboxylic acids is 1. The molecule has 138 valence electrons. The summed E-state index contributed by atoms with van der Waals surface area (Å²) in [5.41, 5.74) is 2.83. The second kappa shape index (κ2) is 7.80. The number of nitrogens with zero attached hydrogens (tertiary/aromatic N) is 1. The SMILES string of the molecule is O=Cc1c(O)ccc2cc(N3CCCC(NCc4ccccc4)C3)ccc12. The average Bonchev–Trinajstić information content (AvgIpc) is 2.73. The van der Waals surface area contributed by atoms with Crippen LogP contribution in [0.15, 0.2) is 60.7 Å². The Labute approximate surface area is 159 Å². The summed E-state index contributed by atoms with van der Waals surface area (Å²) in [4.78, 5) is 13.7. The van der Waals surface area contributed by atoms with Crippen LogP contribution in [0.3, 0.4) is 0 Å². The lowest BCUT2D eigenvalue weighted by Gasteiger charge is -2.35. The van der Waals surface area contributed by atoms with Crippen molar-refractivity contribution in [3.05, 3.63) is 71.8 Å². The van der Waals surface area contributed by atoms with E-state index < -0.39 is 0 Å². The molecule has 1 aliphatic heterocycles. The van der Waals surface area contributed by atoms with Crippen molar-refractivity contribution in [2.24, 2.45) is 0 Å². The number of nitrogens with one attached hydrogen (secondary N) is 1. The van der Waals surface area contributed by atoms with E-state index in [1.165, 1.54) is 12.0 Å². The summed E-state index contributed by atoms with van der Waals surface area (Å²) in [5, 5.41) is 15.3. The minimum atomic E-state index is 0.0356. The number of rotatable bonds is 5. The molecule has 1 unspecified atom stereocenters. The van der Waals surface area contributed by atoms with Crippen molar-refractivity contribution >= 4 is 22.7 Å². The average molecular weight is 360 g/mol. The summed E-state index contributed by atoms with van der Waals surface area (Å²) >= 11 is 0. The van der Waals surface area contributed by atoms with Gasteiger partial charge in [-0.2, -0.15) is 0 Å². The number of hydrogen-bond donors (Lipinski definition) is 2. The number of fused-ring (bicyclic) bond motifs is 1. The van der Waals surface area contributed by atoms with Gasteiger partial charge in [0.1, 0.15) is 5.75 Å². The fourth-order valence-corrected chi connectivity index (χ4v) is 3.89. The zero-order valence-electron chi connectivity index (χ0n) is 15.3. The summed E-state index contributed by atoms with van der Waals surface area (Å²) in [6, 6.07) is 20.5. The van der Waals surface area contributed by atoms with E-state index >= 15 is 0 Å². The minimum absolute atomic E-state index is 0.0356. The lowest BCUT2D eigenvalue weighted by atomic mass is 10.0. The first-order valence-electron chi connectivity index (χ1n) is 9.48. The van der Waals surface area contributed by atoms with E-state index in [0.717, 1.165) is 48.8 Å². The Bertz CT molecular complexity index is 940. The molecule has 4 rings (SSSR count). The molecule has 4 nitrogen and oxygen atoms in total. The number of benzene rings is 3. The normalized spacial score (nSPS) is 17.2. The summed E-state index contributed by atoms with van der Waals surface area (Å²) in [7, 11) is 0. The zero-order valence-corrected chi connectivity index (χ0v) is 15.3. The molecule has 1 heterocycles. The Balaban J connectivity index is 1.49. The molecular formula is C23H24N2O2. The van der Waals surface area contributed by atoms with Gasteiger partial charge in [0.05, 0.1) is 5.56 Å². The van der Waals surface area contributed by atoms with E-state index in [-0.39, 0.29) is 5.75 Å². The van der Waals surface area contributed by atoms with Gasteiger partial charge in [0.15, 0.2) is 6.29 Å². The van der Waals surface area contributed by atoms with Crippen molar-refractivity contribution in [2.45, 2.75) is 25.4 Å². The molecule has 0 amide bonds. The summed E-state index contributed by atoms with van der Waals surface area (Å²) in [6.07, 6.45) is 3.06. The van der Waals surface area contributed by atoms with Gasteiger partial charge in [-0.05, 0) is 47.4 Å². The molecule has 0 aromatic heterocycles. The van der Waals surface area contributed by atoms with Gasteiger partial charge >= 0.3 is 0 Å². The van der Waals surface area contributed by atoms with Gasteiger partial charge in [0.2, 0.25) is 0 Å². The molecular weight excluding hydrogens is 336 g/mol. The van der Waals surface area contributed by atoms with Crippen LogP contribution in [0, 0.1) is 0 Å².